The van der Waals surface area contributed by atoms with Gasteiger partial charge in [-0.2, -0.15) is 0 Å². The van der Waals surface area contributed by atoms with Crippen LogP contribution in [0.15, 0.2) is 35.1 Å². The second-order valence-electron chi connectivity index (χ2n) is 11.7. The van der Waals surface area contributed by atoms with Crippen LogP contribution in [-0.2, 0) is 4.79 Å². The molecule has 1 amide bonds. The highest BCUT2D eigenvalue weighted by atomic mass is 19.1. The van der Waals surface area contributed by atoms with Crippen LogP contribution >= 0.6 is 0 Å². The first kappa shape index (κ1) is 28.7. The number of carbonyl (C=O) groups excluding carboxylic acids is 1. The molecule has 1 saturated heterocycles. The third kappa shape index (κ3) is 4.36. The highest BCUT2D eigenvalue weighted by molar-refractivity contribution is 6.11. The Morgan fingerprint density at radius 3 is 2.49 bits per heavy atom. The van der Waals surface area contributed by atoms with E-state index in [1.54, 1.807) is 7.05 Å². The summed E-state index contributed by atoms with van der Waals surface area (Å²) in [6.07, 6.45) is 0. The van der Waals surface area contributed by atoms with Crippen molar-refractivity contribution in [1.29, 1.82) is 0 Å². The number of amides is 1. The van der Waals surface area contributed by atoms with Crippen molar-refractivity contribution in [3.63, 3.8) is 0 Å². The Bertz CT molecular complexity index is 1870. The van der Waals surface area contributed by atoms with Crippen LogP contribution in [0.3, 0.4) is 0 Å². The second kappa shape index (κ2) is 10.4. The van der Waals surface area contributed by atoms with Gasteiger partial charge >= 0.3 is 0 Å². The van der Waals surface area contributed by atoms with Crippen LogP contribution in [0, 0.1) is 25.5 Å². The van der Waals surface area contributed by atoms with E-state index in [4.69, 9.17) is 14.7 Å². The average molecular weight is 589 g/mol. The molecule has 0 aliphatic carbocycles. The lowest BCUT2D eigenvalue weighted by atomic mass is 9.99. The number of pyridine rings is 3. The normalized spacial score (nSPS) is 18.3. The van der Waals surface area contributed by atoms with Crippen molar-refractivity contribution in [3.05, 3.63) is 69.3 Å². The molecule has 1 aromatic carbocycles. The van der Waals surface area contributed by atoms with Crippen molar-refractivity contribution >= 4 is 28.3 Å². The van der Waals surface area contributed by atoms with E-state index in [9.17, 15) is 9.59 Å². The fourth-order valence-electron chi connectivity index (χ4n) is 6.40. The zero-order valence-electron chi connectivity index (χ0n) is 25.2. The first-order valence-electron chi connectivity index (χ1n) is 14.3. The summed E-state index contributed by atoms with van der Waals surface area (Å²) in [4.78, 5) is 41.1. The molecule has 6 rings (SSSR count). The first-order valence-corrected chi connectivity index (χ1v) is 14.3. The van der Waals surface area contributed by atoms with Gasteiger partial charge in [-0.25, -0.2) is 13.8 Å². The van der Waals surface area contributed by atoms with Crippen molar-refractivity contribution < 1.29 is 18.3 Å². The van der Waals surface area contributed by atoms with Crippen LogP contribution in [0.25, 0.3) is 28.0 Å². The monoisotopic (exact) mass is 588 g/mol. The molecule has 0 spiro atoms. The number of aromatic nitrogens is 3. The first-order chi connectivity index (χ1) is 20.4. The van der Waals surface area contributed by atoms with Gasteiger partial charge in [0.1, 0.15) is 29.0 Å². The quantitative estimate of drug-likeness (QED) is 0.372. The Morgan fingerprint density at radius 2 is 1.79 bits per heavy atom. The van der Waals surface area contributed by atoms with Gasteiger partial charge in [-0.3, -0.25) is 19.1 Å². The van der Waals surface area contributed by atoms with Crippen molar-refractivity contribution in [1.82, 2.24) is 19.9 Å². The Kier molecular flexibility index (Phi) is 6.95. The SMILES string of the molecule is COc1cccc(F)c1-c1nc2c(cc1F)c1c(c(=O)n2-c2c(C)cc(C)nc2C(C)C)N(C)C(=O)[C@H]2CN[C@H](C)CN12. The largest absolute Gasteiger partial charge is 0.496 e. The number of piperazine rings is 1. The number of halogens is 2. The highest BCUT2D eigenvalue weighted by Gasteiger charge is 2.43. The zero-order valence-corrected chi connectivity index (χ0v) is 25.2. The average Bonchev–Trinajstić information content (AvgIpc) is 2.95. The Balaban J connectivity index is 1.82. The Labute approximate surface area is 248 Å². The highest BCUT2D eigenvalue weighted by Crippen LogP contribution is 2.43. The van der Waals surface area contributed by atoms with Gasteiger partial charge in [0.15, 0.2) is 11.5 Å². The molecule has 4 aromatic rings. The molecule has 3 aromatic heterocycles. The number of rotatable bonds is 4. The maximum Gasteiger partial charge on any atom is 0.283 e. The standard InChI is InChI=1S/C32H34F2N6O3/c1-15(2)25-27(16(3)11-17(4)36-25)40-30-19(12-21(34)26(37-30)24-20(33)9-8-10-23(24)43-7)28-29(32(40)42)38(6)31(41)22-13-35-18(5)14-39(22)28/h8-12,15,18,22,35H,13-14H2,1-7H3/t18-,22-/m1/s1. The van der Waals surface area contributed by atoms with Gasteiger partial charge < -0.3 is 19.9 Å². The van der Waals surface area contributed by atoms with Gasteiger partial charge in [0, 0.05) is 37.3 Å². The van der Waals surface area contributed by atoms with Crippen LogP contribution in [0.2, 0.25) is 0 Å². The number of anilines is 2. The van der Waals surface area contributed by atoms with E-state index in [0.29, 0.717) is 35.5 Å². The summed E-state index contributed by atoms with van der Waals surface area (Å²) >= 11 is 0. The third-order valence-corrected chi connectivity index (χ3v) is 8.34. The molecule has 2 aliphatic rings. The molecule has 1 N–H and O–H groups in total. The molecule has 224 valence electrons. The van der Waals surface area contributed by atoms with Crippen LogP contribution < -0.4 is 25.4 Å². The molecule has 1 fully saturated rings. The van der Waals surface area contributed by atoms with Gasteiger partial charge in [-0.15, -0.1) is 0 Å². The summed E-state index contributed by atoms with van der Waals surface area (Å²) in [5.74, 6) is -1.72. The van der Waals surface area contributed by atoms with E-state index in [1.165, 1.54) is 40.8 Å². The summed E-state index contributed by atoms with van der Waals surface area (Å²) in [6, 6.07) is 6.79. The summed E-state index contributed by atoms with van der Waals surface area (Å²) < 4.78 is 38.3. The number of benzene rings is 1. The van der Waals surface area contributed by atoms with Gasteiger partial charge in [-0.05, 0) is 56.5 Å². The van der Waals surface area contributed by atoms with Crippen LogP contribution in [0.5, 0.6) is 5.75 Å². The van der Waals surface area contributed by atoms with Crippen LogP contribution in [0.4, 0.5) is 20.2 Å². The summed E-state index contributed by atoms with van der Waals surface area (Å²) in [6.45, 7) is 10.5. The molecule has 2 atom stereocenters. The summed E-state index contributed by atoms with van der Waals surface area (Å²) in [7, 11) is 2.94. The summed E-state index contributed by atoms with van der Waals surface area (Å²) in [5, 5.41) is 3.66. The third-order valence-electron chi connectivity index (χ3n) is 8.34. The lowest BCUT2D eigenvalue weighted by Crippen LogP contribution is -2.64. The minimum absolute atomic E-state index is 0.00799. The molecule has 0 bridgehead atoms. The van der Waals surface area contributed by atoms with E-state index in [0.717, 1.165) is 11.3 Å². The molecule has 5 heterocycles. The number of carbonyl (C=O) groups is 1. The smallest absolute Gasteiger partial charge is 0.283 e. The Hall–Kier alpha value is -4.38. The van der Waals surface area contributed by atoms with Crippen LogP contribution in [0.1, 0.15) is 43.6 Å². The topological polar surface area (TPSA) is 92.6 Å². The fourth-order valence-corrected chi connectivity index (χ4v) is 6.40. The molecular formula is C32H34F2N6O3. The zero-order chi connectivity index (χ0) is 30.9. The predicted molar refractivity (Wildman–Crippen MR) is 163 cm³/mol. The van der Waals surface area contributed by atoms with Gasteiger partial charge in [0.05, 0.1) is 29.7 Å². The molecule has 9 nitrogen and oxygen atoms in total. The number of aryl methyl sites for hydroxylation is 2. The number of ether oxygens (including phenoxy) is 1. The van der Waals surface area contributed by atoms with E-state index in [1.807, 2.05) is 45.6 Å². The van der Waals surface area contributed by atoms with E-state index < -0.39 is 23.2 Å². The Morgan fingerprint density at radius 1 is 1.05 bits per heavy atom. The number of fused-ring (bicyclic) bond motifs is 5. The number of nitrogens with zero attached hydrogens (tertiary/aromatic N) is 5. The molecular weight excluding hydrogens is 554 g/mol. The van der Waals surface area contributed by atoms with Crippen molar-refractivity contribution in [2.45, 2.75) is 52.6 Å². The number of likely N-dealkylation sites (N-methyl/N-ethyl adjacent to an activating group) is 1. The molecule has 43 heavy (non-hydrogen) atoms. The number of hydrogen-bond acceptors (Lipinski definition) is 7. The number of nitrogens with one attached hydrogen (secondary N) is 1. The maximum absolute atomic E-state index is 16.2. The fraction of sp³-hybridized carbons (Fsp3) is 0.375. The lowest BCUT2D eigenvalue weighted by Gasteiger charge is -2.46. The van der Waals surface area contributed by atoms with Gasteiger partial charge in [0.25, 0.3) is 11.5 Å². The molecule has 0 radical (unpaired) electrons. The van der Waals surface area contributed by atoms with Gasteiger partial charge in [-0.1, -0.05) is 19.9 Å². The lowest BCUT2D eigenvalue weighted by molar-refractivity contribution is -0.120. The van der Waals surface area contributed by atoms with Gasteiger partial charge in [0.2, 0.25) is 0 Å². The van der Waals surface area contributed by atoms with E-state index in [2.05, 4.69) is 5.32 Å². The minimum Gasteiger partial charge on any atom is -0.496 e. The van der Waals surface area contributed by atoms with Crippen LogP contribution in [-0.4, -0.2) is 59.8 Å². The van der Waals surface area contributed by atoms with Crippen molar-refractivity contribution in [2.75, 3.05) is 37.0 Å². The molecule has 2 aliphatic heterocycles. The number of hydrogen-bond donors (Lipinski definition) is 1. The molecule has 0 saturated carbocycles. The minimum atomic E-state index is -0.787. The van der Waals surface area contributed by atoms with Crippen molar-refractivity contribution in [3.8, 4) is 22.7 Å². The maximum atomic E-state index is 16.2. The predicted octanol–water partition coefficient (Wildman–Crippen LogP) is 4.62. The molecule has 11 heteroatoms. The van der Waals surface area contributed by atoms with E-state index >= 15 is 8.78 Å². The van der Waals surface area contributed by atoms with E-state index in [-0.39, 0.29) is 46.2 Å². The second-order valence-corrected chi connectivity index (χ2v) is 11.7. The molecule has 0 unspecified atom stereocenters. The van der Waals surface area contributed by atoms with Crippen molar-refractivity contribution in [2.24, 2.45) is 0 Å². The number of methoxy groups -OCH3 is 1. The summed E-state index contributed by atoms with van der Waals surface area (Å²) in [5.41, 5.74) is 2.45.